The van der Waals surface area contributed by atoms with Crippen molar-refractivity contribution in [3.63, 3.8) is 0 Å². The van der Waals surface area contributed by atoms with E-state index in [0.29, 0.717) is 0 Å². The fraction of sp³-hybridized carbons (Fsp3) is 0. The van der Waals surface area contributed by atoms with Crippen LogP contribution in [0.5, 0.6) is 0 Å². The summed E-state index contributed by atoms with van der Waals surface area (Å²) >= 11 is 0. The predicted molar refractivity (Wildman–Crippen MR) is 32.2 cm³/mol. The van der Waals surface area contributed by atoms with Gasteiger partial charge in [0.15, 0.2) is 0 Å². The van der Waals surface area contributed by atoms with Crippen LogP contribution in [0.1, 0.15) is 0 Å². The van der Waals surface area contributed by atoms with E-state index in [-0.39, 0.29) is 22.4 Å². The van der Waals surface area contributed by atoms with Gasteiger partial charge in [-0.3, -0.25) is 0 Å². The van der Waals surface area contributed by atoms with E-state index in [1.165, 1.54) is 0 Å². The van der Waals surface area contributed by atoms with Crippen LogP contribution < -0.4 is 25.1 Å². The van der Waals surface area contributed by atoms with Crippen molar-refractivity contribution in [3.8, 4) is 0 Å². The topological polar surface area (TPSA) is 201 Å². The summed E-state index contributed by atoms with van der Waals surface area (Å²) in [5.41, 5.74) is 0. The Morgan fingerprint density at radius 2 is 0.438 bits per heavy atom. The van der Waals surface area contributed by atoms with E-state index < -0.39 is 36.8 Å². The number of hydrogen-bond acceptors (Lipinski definition) is 10. The van der Waals surface area contributed by atoms with E-state index in [9.17, 15) is 0 Å². The van der Waals surface area contributed by atoms with Crippen LogP contribution >= 0.6 is 0 Å². The Morgan fingerprint density at radius 3 is 0.438 bits per heavy atom. The second-order valence-electron chi connectivity index (χ2n) is 0.481. The van der Waals surface area contributed by atoms with Crippen molar-refractivity contribution in [3.05, 3.63) is 0 Å². The molecule has 0 radical (unpaired) electrons. The van der Waals surface area contributed by atoms with Gasteiger partial charge in [0.1, 0.15) is 0 Å². The maximum atomic E-state index is 8.25. The van der Waals surface area contributed by atoms with Gasteiger partial charge in [0.2, 0.25) is 0 Å². The van der Waals surface area contributed by atoms with Crippen molar-refractivity contribution in [2.45, 2.75) is 0 Å². The number of rotatable bonds is 0. The molecule has 0 atom stereocenters. The van der Waals surface area contributed by atoms with Gasteiger partial charge in [0.05, 0.1) is 0 Å². The van der Waals surface area contributed by atoms with Crippen LogP contribution in [-0.4, -0.2) is 36.8 Å². The quantitative estimate of drug-likeness (QED) is 0.355. The molecular formula is B5O10Ta. The SMILES string of the molecule is O=B[O-].O=B[O-].O=B[O-].O=B[O-].O=B[O-].[Ta+5]. The smallest absolute Gasteiger partial charge is 5.00 e. The maximum absolute atomic E-state index is 8.25. The van der Waals surface area contributed by atoms with Crippen molar-refractivity contribution in [1.82, 2.24) is 0 Å². The van der Waals surface area contributed by atoms with E-state index in [2.05, 4.69) is 0 Å². The van der Waals surface area contributed by atoms with E-state index in [0.717, 1.165) is 0 Å². The molecule has 0 aliphatic rings. The average molecular weight is 395 g/mol. The Bertz CT molecular complexity index is 91.5. The van der Waals surface area contributed by atoms with Gasteiger partial charge in [-0.2, -0.15) is 0 Å². The normalized spacial score (nSPS) is 2.50. The molecule has 0 spiro atoms. The molecule has 0 N–H and O–H groups in total. The molecule has 0 heterocycles. The first-order valence-corrected chi connectivity index (χ1v) is 2.36. The monoisotopic (exact) mass is 396 g/mol. The molecule has 16 heteroatoms. The van der Waals surface area contributed by atoms with E-state index in [1.54, 1.807) is 0 Å². The van der Waals surface area contributed by atoms with Gasteiger partial charge in [-0.05, 0) is 0 Å². The van der Waals surface area contributed by atoms with Crippen molar-refractivity contribution in [2.75, 3.05) is 0 Å². The van der Waals surface area contributed by atoms with Gasteiger partial charge < -0.3 is 0 Å². The van der Waals surface area contributed by atoms with Gasteiger partial charge in [0.25, 0.3) is 0 Å². The van der Waals surface area contributed by atoms with E-state index in [4.69, 9.17) is 48.6 Å². The summed E-state index contributed by atoms with van der Waals surface area (Å²) in [7, 11) is -2.50. The van der Waals surface area contributed by atoms with Crippen LogP contribution in [0.3, 0.4) is 0 Å². The molecule has 0 saturated carbocycles. The zero-order chi connectivity index (χ0) is 13.5. The molecule has 0 rings (SSSR count). The third-order valence-electron chi connectivity index (χ3n) is 0. The molecule has 0 unspecified atom stereocenters. The Labute approximate surface area is 108 Å². The van der Waals surface area contributed by atoms with Crippen molar-refractivity contribution in [1.29, 1.82) is 0 Å². The van der Waals surface area contributed by atoms with Crippen molar-refractivity contribution >= 4 is 36.8 Å². The summed E-state index contributed by atoms with van der Waals surface area (Å²) in [6.45, 7) is 0. The second kappa shape index (κ2) is 145. The van der Waals surface area contributed by atoms with Crippen molar-refractivity contribution in [2.24, 2.45) is 0 Å². The van der Waals surface area contributed by atoms with Gasteiger partial charge in [0, 0.05) is 0 Å². The minimum atomic E-state index is -0.500. The fourth-order valence-electron chi connectivity index (χ4n) is 0. The van der Waals surface area contributed by atoms with Crippen LogP contribution in [0.4, 0.5) is 0 Å². The van der Waals surface area contributed by atoms with Gasteiger partial charge in [-0.1, -0.05) is 0 Å². The molecule has 0 amide bonds. The predicted octanol–water partition coefficient (Wildman–Crippen LogP) is -8.45. The third kappa shape index (κ3) is 2180. The Balaban J connectivity index is -0.0000000192. The minimum absolute atomic E-state index is 0. The summed E-state index contributed by atoms with van der Waals surface area (Å²) in [6.07, 6.45) is 0. The van der Waals surface area contributed by atoms with Crippen molar-refractivity contribution < 1.29 is 71.0 Å². The van der Waals surface area contributed by atoms with Gasteiger partial charge >= 0.3 is 108 Å². The average Bonchev–Trinajstić information content (AvgIpc) is 2.09. The fourth-order valence-corrected chi connectivity index (χ4v) is 0. The molecular weight excluding hydrogens is 395 g/mol. The van der Waals surface area contributed by atoms with Gasteiger partial charge in [-0.25, -0.2) is 0 Å². The Kier molecular flexibility index (Phi) is 329. The van der Waals surface area contributed by atoms with Crippen LogP contribution in [0.25, 0.3) is 0 Å². The van der Waals surface area contributed by atoms with Gasteiger partial charge in [-0.15, -0.1) is 0 Å². The standard InChI is InChI=1S/5BO2.Ta/c5*2-1-3;/q5*-1;+5. The third-order valence-corrected chi connectivity index (χ3v) is 0. The van der Waals surface area contributed by atoms with Crippen LogP contribution in [0, 0.1) is 0 Å². The van der Waals surface area contributed by atoms with Crippen LogP contribution in [0.15, 0.2) is 0 Å². The molecule has 80 valence electrons. The summed E-state index contributed by atoms with van der Waals surface area (Å²) in [5.74, 6) is 0. The zero-order valence-electron chi connectivity index (χ0n) is 7.42. The molecule has 0 aromatic heterocycles. The van der Waals surface area contributed by atoms with E-state index in [1.807, 2.05) is 0 Å². The summed E-state index contributed by atoms with van der Waals surface area (Å²) < 4.78 is 41.2. The molecule has 0 fully saturated rings. The molecule has 0 aromatic rings. The second-order valence-corrected chi connectivity index (χ2v) is 0.481. The largest absolute Gasteiger partial charge is 5.00 e. The molecule has 0 aromatic carbocycles. The summed E-state index contributed by atoms with van der Waals surface area (Å²) in [4.78, 5) is 0. The summed E-state index contributed by atoms with van der Waals surface area (Å²) in [5, 5.41) is 41.2. The Hall–Kier alpha value is -0.935. The first kappa shape index (κ1) is 36.3. The minimum Gasteiger partial charge on any atom is 5.00 e. The maximum Gasteiger partial charge on any atom is 5.00 e. The van der Waals surface area contributed by atoms with Crippen LogP contribution in [-0.2, 0) is 45.9 Å². The van der Waals surface area contributed by atoms with Crippen LogP contribution in [0.2, 0.25) is 0 Å². The first-order chi connectivity index (χ1) is 7.07. The molecule has 0 aliphatic heterocycles. The Morgan fingerprint density at radius 1 is 0.438 bits per heavy atom. The molecule has 10 nitrogen and oxygen atoms in total. The molecule has 16 heavy (non-hydrogen) atoms. The summed E-state index contributed by atoms with van der Waals surface area (Å²) in [6, 6.07) is 0. The first-order valence-electron chi connectivity index (χ1n) is 2.36. The molecule has 0 bridgehead atoms. The number of hydrogen-bond donors (Lipinski definition) is 0. The molecule has 0 aliphatic carbocycles. The van der Waals surface area contributed by atoms with E-state index >= 15 is 0 Å². The molecule has 0 saturated heterocycles. The zero-order valence-corrected chi connectivity index (χ0v) is 10.6.